The molecule has 3 atom stereocenters. The quantitative estimate of drug-likeness (QED) is 0.772. The average Bonchev–Trinajstić information content (AvgIpc) is 2.95. The van der Waals surface area contributed by atoms with E-state index in [0.29, 0.717) is 44.7 Å². The Bertz CT molecular complexity index is 480. The van der Waals surface area contributed by atoms with E-state index in [4.69, 9.17) is 4.74 Å². The van der Waals surface area contributed by atoms with Crippen LogP contribution >= 0.6 is 0 Å². The van der Waals surface area contributed by atoms with E-state index in [1.54, 1.807) is 4.90 Å². The number of carbonyl (C=O) groups excluding carboxylic acids is 1. The number of carbonyl (C=O) groups is 1. The van der Waals surface area contributed by atoms with Crippen molar-refractivity contribution in [3.63, 3.8) is 0 Å². The topological polar surface area (TPSA) is 75.7 Å². The second-order valence-corrected chi connectivity index (χ2v) is 8.91. The van der Waals surface area contributed by atoms with Crippen LogP contribution in [0.1, 0.15) is 39.0 Å². The van der Waals surface area contributed by atoms with Crippen molar-refractivity contribution >= 4 is 15.9 Å². The summed E-state index contributed by atoms with van der Waals surface area (Å²) in [4.78, 5) is 13.6. The Kier molecular flexibility index (Phi) is 6.09. The van der Waals surface area contributed by atoms with E-state index in [-0.39, 0.29) is 6.03 Å². The van der Waals surface area contributed by atoms with Crippen LogP contribution in [0.15, 0.2) is 0 Å². The molecule has 0 aromatic rings. The maximum absolute atomic E-state index is 12.0. The zero-order valence-corrected chi connectivity index (χ0v) is 14.4. The number of ether oxygens (including phenoxy) is 1. The molecule has 0 aromatic carbocycles. The van der Waals surface area contributed by atoms with Crippen LogP contribution in [0.5, 0.6) is 0 Å². The molecule has 22 heavy (non-hydrogen) atoms. The number of amides is 2. The Labute approximate surface area is 133 Å². The molecule has 6 nitrogen and oxygen atoms in total. The SMILES string of the molecule is C[C@@H]1CCCC[C@@H]1OCCNC(=O)N1CC[C@H](S(C)(=O)=O)C1. The van der Waals surface area contributed by atoms with E-state index in [0.717, 1.165) is 6.42 Å². The molecule has 0 spiro atoms. The van der Waals surface area contributed by atoms with Gasteiger partial charge in [0.1, 0.15) is 0 Å². The zero-order chi connectivity index (χ0) is 16.2. The molecule has 0 radical (unpaired) electrons. The third kappa shape index (κ3) is 4.84. The summed E-state index contributed by atoms with van der Waals surface area (Å²) >= 11 is 0. The van der Waals surface area contributed by atoms with Gasteiger partial charge in [-0.25, -0.2) is 13.2 Å². The summed E-state index contributed by atoms with van der Waals surface area (Å²) in [6.45, 7) is 4.01. The molecule has 1 saturated carbocycles. The summed E-state index contributed by atoms with van der Waals surface area (Å²) in [6.07, 6.45) is 6.92. The predicted octanol–water partition coefficient (Wildman–Crippen LogP) is 1.41. The summed E-state index contributed by atoms with van der Waals surface area (Å²) in [5, 5.41) is 2.40. The van der Waals surface area contributed by atoms with E-state index in [1.807, 2.05) is 0 Å². The first-order valence-electron chi connectivity index (χ1n) is 8.21. The van der Waals surface area contributed by atoms with Crippen molar-refractivity contribution in [2.24, 2.45) is 5.92 Å². The maximum atomic E-state index is 12.0. The Hall–Kier alpha value is -0.820. The van der Waals surface area contributed by atoms with Gasteiger partial charge in [0, 0.05) is 25.9 Å². The minimum atomic E-state index is -3.06. The lowest BCUT2D eigenvalue weighted by Crippen LogP contribution is -2.41. The molecule has 128 valence electrons. The number of hydrogen-bond acceptors (Lipinski definition) is 4. The molecule has 2 rings (SSSR count). The summed E-state index contributed by atoms with van der Waals surface area (Å²) in [7, 11) is -3.06. The number of sulfone groups is 1. The van der Waals surface area contributed by atoms with Crippen LogP contribution in [0.3, 0.4) is 0 Å². The van der Waals surface area contributed by atoms with Crippen LogP contribution in [-0.4, -0.2) is 63.2 Å². The second-order valence-electron chi connectivity index (χ2n) is 6.59. The van der Waals surface area contributed by atoms with Gasteiger partial charge in [0.25, 0.3) is 0 Å². The van der Waals surface area contributed by atoms with E-state index in [9.17, 15) is 13.2 Å². The lowest BCUT2D eigenvalue weighted by molar-refractivity contribution is -0.00266. The third-order valence-corrected chi connectivity index (χ3v) is 6.38. The predicted molar refractivity (Wildman–Crippen MR) is 85.6 cm³/mol. The molecule has 1 N–H and O–H groups in total. The largest absolute Gasteiger partial charge is 0.376 e. The first-order valence-corrected chi connectivity index (χ1v) is 10.2. The third-order valence-electron chi connectivity index (χ3n) is 4.78. The summed E-state index contributed by atoms with van der Waals surface area (Å²) in [5.41, 5.74) is 0. The molecule has 0 unspecified atom stereocenters. The lowest BCUT2D eigenvalue weighted by Gasteiger charge is -2.28. The monoisotopic (exact) mass is 332 g/mol. The van der Waals surface area contributed by atoms with Crippen molar-refractivity contribution in [1.29, 1.82) is 0 Å². The molecule has 1 heterocycles. The van der Waals surface area contributed by atoms with Gasteiger partial charge in [-0.15, -0.1) is 0 Å². The number of rotatable bonds is 5. The van der Waals surface area contributed by atoms with Crippen LogP contribution in [-0.2, 0) is 14.6 Å². The fraction of sp³-hybridized carbons (Fsp3) is 0.933. The molecule has 1 aliphatic carbocycles. The molecule has 1 saturated heterocycles. The van der Waals surface area contributed by atoms with Crippen LogP contribution in [0, 0.1) is 5.92 Å². The number of hydrogen-bond donors (Lipinski definition) is 1. The van der Waals surface area contributed by atoms with Gasteiger partial charge >= 0.3 is 6.03 Å². The van der Waals surface area contributed by atoms with Crippen LogP contribution in [0.25, 0.3) is 0 Å². The molecule has 0 aromatic heterocycles. The number of nitrogens with one attached hydrogen (secondary N) is 1. The van der Waals surface area contributed by atoms with Gasteiger partial charge in [-0.1, -0.05) is 19.8 Å². The highest BCUT2D eigenvalue weighted by atomic mass is 32.2. The van der Waals surface area contributed by atoms with E-state index < -0.39 is 15.1 Å². The standard InChI is InChI=1S/C15H28N2O4S/c1-12-5-3-4-6-14(12)21-10-8-16-15(18)17-9-7-13(11-17)22(2,19)20/h12-14H,3-11H2,1-2H3,(H,16,18)/t12-,13+,14+/m1/s1. The van der Waals surface area contributed by atoms with Crippen molar-refractivity contribution in [2.45, 2.75) is 50.4 Å². The summed E-state index contributed by atoms with van der Waals surface area (Å²) < 4.78 is 28.8. The minimum Gasteiger partial charge on any atom is -0.376 e. The van der Waals surface area contributed by atoms with E-state index >= 15 is 0 Å². The molecule has 7 heteroatoms. The first kappa shape index (κ1) is 17.5. The highest BCUT2D eigenvalue weighted by Crippen LogP contribution is 2.26. The zero-order valence-electron chi connectivity index (χ0n) is 13.6. The van der Waals surface area contributed by atoms with Gasteiger partial charge in [-0.3, -0.25) is 0 Å². The van der Waals surface area contributed by atoms with Crippen molar-refractivity contribution < 1.29 is 17.9 Å². The Morgan fingerprint density at radius 3 is 2.64 bits per heavy atom. The average molecular weight is 332 g/mol. The van der Waals surface area contributed by atoms with E-state index in [2.05, 4.69) is 12.2 Å². The molecule has 2 fully saturated rings. The Morgan fingerprint density at radius 1 is 1.27 bits per heavy atom. The maximum Gasteiger partial charge on any atom is 0.317 e. The Balaban J connectivity index is 1.64. The minimum absolute atomic E-state index is 0.188. The van der Waals surface area contributed by atoms with Crippen molar-refractivity contribution in [3.8, 4) is 0 Å². The van der Waals surface area contributed by atoms with Gasteiger partial charge in [0.15, 0.2) is 9.84 Å². The Morgan fingerprint density at radius 2 is 2.00 bits per heavy atom. The molecular weight excluding hydrogens is 304 g/mol. The van der Waals surface area contributed by atoms with Gasteiger partial charge in [0.05, 0.1) is 18.0 Å². The second kappa shape index (κ2) is 7.64. The van der Waals surface area contributed by atoms with Crippen LogP contribution < -0.4 is 5.32 Å². The molecular formula is C15H28N2O4S. The van der Waals surface area contributed by atoms with Crippen LogP contribution in [0.4, 0.5) is 4.79 Å². The smallest absolute Gasteiger partial charge is 0.317 e. The lowest BCUT2D eigenvalue weighted by atomic mass is 9.88. The van der Waals surface area contributed by atoms with Crippen molar-refractivity contribution in [2.75, 3.05) is 32.5 Å². The molecule has 2 aliphatic rings. The van der Waals surface area contributed by atoms with Crippen LogP contribution in [0.2, 0.25) is 0 Å². The molecule has 0 bridgehead atoms. The normalized spacial score (nSPS) is 29.5. The van der Waals surface area contributed by atoms with Gasteiger partial charge in [-0.05, 0) is 25.2 Å². The highest BCUT2D eigenvalue weighted by molar-refractivity contribution is 7.91. The number of likely N-dealkylation sites (tertiary alicyclic amines) is 1. The summed E-state index contributed by atoms with van der Waals surface area (Å²) in [6, 6.07) is -0.188. The van der Waals surface area contributed by atoms with Crippen molar-refractivity contribution in [1.82, 2.24) is 10.2 Å². The number of urea groups is 1. The van der Waals surface area contributed by atoms with Crippen molar-refractivity contribution in [3.05, 3.63) is 0 Å². The number of nitrogens with zero attached hydrogens (tertiary/aromatic N) is 1. The van der Waals surface area contributed by atoms with Gasteiger partial charge < -0.3 is 15.0 Å². The highest BCUT2D eigenvalue weighted by Gasteiger charge is 2.32. The fourth-order valence-electron chi connectivity index (χ4n) is 3.27. The van der Waals surface area contributed by atoms with E-state index in [1.165, 1.54) is 25.5 Å². The molecule has 2 amide bonds. The van der Waals surface area contributed by atoms with Gasteiger partial charge in [-0.2, -0.15) is 0 Å². The summed E-state index contributed by atoms with van der Waals surface area (Å²) in [5.74, 6) is 0.596. The molecule has 1 aliphatic heterocycles. The fourth-order valence-corrected chi connectivity index (χ4v) is 4.26. The first-order chi connectivity index (χ1) is 10.4. The van der Waals surface area contributed by atoms with Gasteiger partial charge in [0.2, 0.25) is 0 Å².